The molecule has 1 heterocycles. The van der Waals surface area contributed by atoms with Crippen LogP contribution in [0.15, 0.2) is 71.5 Å². The van der Waals surface area contributed by atoms with Crippen LogP contribution in [0.1, 0.15) is 21.7 Å². The van der Waals surface area contributed by atoms with E-state index in [0.717, 1.165) is 5.56 Å². The summed E-state index contributed by atoms with van der Waals surface area (Å²) < 4.78 is 24.1. The first-order chi connectivity index (χ1) is 16.5. The number of amides is 1. The average Bonchev–Trinajstić information content (AvgIpc) is 2.86. The van der Waals surface area contributed by atoms with Gasteiger partial charge in [0.15, 0.2) is 11.5 Å². The van der Waals surface area contributed by atoms with Gasteiger partial charge in [-0.05, 0) is 60.5 Å². The minimum absolute atomic E-state index is 0.0869. The van der Waals surface area contributed by atoms with Crippen LogP contribution in [0.25, 0.3) is 10.9 Å². The number of methoxy groups -OCH3 is 2. The molecule has 0 unspecified atom stereocenters. The van der Waals surface area contributed by atoms with Gasteiger partial charge < -0.3 is 19.4 Å². The molecule has 0 aliphatic rings. The number of nitrogens with zero attached hydrogens (tertiary/aromatic N) is 2. The van der Waals surface area contributed by atoms with Crippen LogP contribution in [0.2, 0.25) is 0 Å². The number of halogens is 1. The fraction of sp³-hybridized carbons (Fsp3) is 0.192. The van der Waals surface area contributed by atoms with Crippen molar-refractivity contribution in [1.29, 1.82) is 0 Å². The molecule has 0 atom stereocenters. The number of rotatable bonds is 8. The lowest BCUT2D eigenvalue weighted by atomic mass is 10.1. The van der Waals surface area contributed by atoms with Crippen molar-refractivity contribution in [2.45, 2.75) is 13.0 Å². The standard InChI is InChI=1S/C26H24FN3O4/c1-33-22-12-7-17(15-23(22)34-2)13-14-30(26(32)18-8-10-19(27)11-9-18)16-24-28-21-6-4-3-5-20(21)25(31)29-24/h3-12,15H,13-14,16H2,1-2H3,(H,28,29,31). The summed E-state index contributed by atoms with van der Waals surface area (Å²) in [7, 11) is 3.13. The van der Waals surface area contributed by atoms with Gasteiger partial charge in [0.1, 0.15) is 11.6 Å². The van der Waals surface area contributed by atoms with Crippen LogP contribution in [-0.4, -0.2) is 41.5 Å². The molecule has 1 amide bonds. The Balaban J connectivity index is 1.62. The highest BCUT2D eigenvalue weighted by Crippen LogP contribution is 2.28. The van der Waals surface area contributed by atoms with Crippen molar-refractivity contribution in [3.8, 4) is 11.5 Å². The number of carbonyl (C=O) groups excluding carboxylic acids is 1. The highest BCUT2D eigenvalue weighted by molar-refractivity contribution is 5.94. The zero-order valence-corrected chi connectivity index (χ0v) is 18.9. The van der Waals surface area contributed by atoms with Crippen LogP contribution in [0.4, 0.5) is 4.39 Å². The number of carbonyl (C=O) groups is 1. The van der Waals surface area contributed by atoms with Gasteiger partial charge in [-0.2, -0.15) is 0 Å². The summed E-state index contributed by atoms with van der Waals surface area (Å²) in [6, 6.07) is 18.0. The van der Waals surface area contributed by atoms with Crippen LogP contribution < -0.4 is 15.0 Å². The average molecular weight is 461 g/mol. The monoisotopic (exact) mass is 461 g/mol. The number of hydrogen-bond donors (Lipinski definition) is 1. The summed E-state index contributed by atoms with van der Waals surface area (Å²) in [6.07, 6.45) is 0.519. The summed E-state index contributed by atoms with van der Waals surface area (Å²) in [5, 5.41) is 0.480. The van der Waals surface area contributed by atoms with Gasteiger partial charge >= 0.3 is 0 Å². The second-order valence-electron chi connectivity index (χ2n) is 7.70. The first-order valence-electron chi connectivity index (χ1n) is 10.7. The summed E-state index contributed by atoms with van der Waals surface area (Å²) in [5.74, 6) is 0.858. The number of ether oxygens (including phenoxy) is 2. The maximum absolute atomic E-state index is 13.4. The summed E-state index contributed by atoms with van der Waals surface area (Å²) in [6.45, 7) is 0.422. The molecule has 0 aliphatic carbocycles. The Morgan fingerprint density at radius 2 is 1.74 bits per heavy atom. The van der Waals surface area contributed by atoms with E-state index in [0.29, 0.717) is 46.8 Å². The first-order valence-corrected chi connectivity index (χ1v) is 10.7. The van der Waals surface area contributed by atoms with Gasteiger partial charge in [0.2, 0.25) is 0 Å². The van der Waals surface area contributed by atoms with E-state index < -0.39 is 5.82 Å². The van der Waals surface area contributed by atoms with Crippen molar-refractivity contribution < 1.29 is 18.7 Å². The van der Waals surface area contributed by atoms with Gasteiger partial charge in [0.05, 0.1) is 31.7 Å². The minimum atomic E-state index is -0.422. The molecule has 0 radical (unpaired) electrons. The molecule has 4 aromatic rings. The SMILES string of the molecule is COc1ccc(CCN(Cc2nc3ccccc3c(=O)[nH]2)C(=O)c2ccc(F)cc2)cc1OC. The molecule has 4 rings (SSSR count). The number of H-pyrrole nitrogens is 1. The number of hydrogen-bond acceptors (Lipinski definition) is 5. The van der Waals surface area contributed by atoms with Crippen molar-refractivity contribution >= 4 is 16.8 Å². The molecule has 0 bridgehead atoms. The van der Waals surface area contributed by atoms with Crippen molar-refractivity contribution in [3.63, 3.8) is 0 Å². The van der Waals surface area contributed by atoms with Crippen LogP contribution in [0, 0.1) is 5.82 Å². The molecule has 0 spiro atoms. The Labute approximate surface area is 195 Å². The third-order valence-corrected chi connectivity index (χ3v) is 5.50. The van der Waals surface area contributed by atoms with Crippen molar-refractivity contribution in [2.75, 3.05) is 20.8 Å². The number of aromatic amines is 1. The Kier molecular flexibility index (Phi) is 6.87. The molecule has 8 heteroatoms. The molecular formula is C26H24FN3O4. The number of fused-ring (bicyclic) bond motifs is 1. The maximum atomic E-state index is 13.4. The number of aromatic nitrogens is 2. The van der Waals surface area contributed by atoms with Crippen LogP contribution in [0.5, 0.6) is 11.5 Å². The molecule has 34 heavy (non-hydrogen) atoms. The number of benzene rings is 3. The van der Waals surface area contributed by atoms with E-state index in [1.165, 1.54) is 24.3 Å². The quantitative estimate of drug-likeness (QED) is 0.429. The summed E-state index contributed by atoms with van der Waals surface area (Å²) in [4.78, 5) is 34.7. The highest BCUT2D eigenvalue weighted by atomic mass is 19.1. The third-order valence-electron chi connectivity index (χ3n) is 5.50. The molecular weight excluding hydrogens is 437 g/mol. The Morgan fingerprint density at radius 3 is 2.47 bits per heavy atom. The molecule has 0 saturated carbocycles. The minimum Gasteiger partial charge on any atom is -0.493 e. The van der Waals surface area contributed by atoms with Crippen molar-refractivity contribution in [2.24, 2.45) is 0 Å². The smallest absolute Gasteiger partial charge is 0.258 e. The lowest BCUT2D eigenvalue weighted by Crippen LogP contribution is -2.34. The number of para-hydroxylation sites is 1. The van der Waals surface area contributed by atoms with Crippen LogP contribution in [0.3, 0.4) is 0 Å². The van der Waals surface area contributed by atoms with Gasteiger partial charge in [0.25, 0.3) is 11.5 Å². The third kappa shape index (κ3) is 5.06. The van der Waals surface area contributed by atoms with E-state index in [-0.39, 0.29) is 18.0 Å². The molecule has 1 aromatic heterocycles. The molecule has 0 saturated heterocycles. The van der Waals surface area contributed by atoms with E-state index in [4.69, 9.17) is 9.47 Å². The van der Waals surface area contributed by atoms with Gasteiger partial charge in [-0.15, -0.1) is 0 Å². The van der Waals surface area contributed by atoms with Gasteiger partial charge in [-0.1, -0.05) is 18.2 Å². The zero-order valence-electron chi connectivity index (χ0n) is 18.9. The van der Waals surface area contributed by atoms with E-state index in [1.807, 2.05) is 18.2 Å². The van der Waals surface area contributed by atoms with Gasteiger partial charge in [-0.3, -0.25) is 9.59 Å². The van der Waals surface area contributed by atoms with Crippen LogP contribution in [-0.2, 0) is 13.0 Å². The highest BCUT2D eigenvalue weighted by Gasteiger charge is 2.18. The second-order valence-corrected chi connectivity index (χ2v) is 7.70. The van der Waals surface area contributed by atoms with E-state index in [9.17, 15) is 14.0 Å². The first kappa shape index (κ1) is 23.0. The lowest BCUT2D eigenvalue weighted by molar-refractivity contribution is 0.0740. The fourth-order valence-corrected chi connectivity index (χ4v) is 3.72. The normalized spacial score (nSPS) is 10.8. The molecule has 0 aliphatic heterocycles. The largest absolute Gasteiger partial charge is 0.493 e. The Bertz CT molecular complexity index is 1370. The van der Waals surface area contributed by atoms with E-state index >= 15 is 0 Å². The number of nitrogens with one attached hydrogen (secondary N) is 1. The van der Waals surface area contributed by atoms with Gasteiger partial charge in [-0.25, -0.2) is 9.37 Å². The molecule has 7 nitrogen and oxygen atoms in total. The topological polar surface area (TPSA) is 84.5 Å². The summed E-state index contributed by atoms with van der Waals surface area (Å²) >= 11 is 0. The van der Waals surface area contributed by atoms with Crippen molar-refractivity contribution in [1.82, 2.24) is 14.9 Å². The predicted molar refractivity (Wildman–Crippen MR) is 127 cm³/mol. The predicted octanol–water partition coefficient (Wildman–Crippen LogP) is 3.96. The van der Waals surface area contributed by atoms with E-state index in [1.54, 1.807) is 43.4 Å². The van der Waals surface area contributed by atoms with E-state index in [2.05, 4.69) is 9.97 Å². The Hall–Kier alpha value is -4.20. The van der Waals surface area contributed by atoms with Gasteiger partial charge in [0, 0.05) is 12.1 Å². The fourth-order valence-electron chi connectivity index (χ4n) is 3.72. The molecule has 174 valence electrons. The zero-order chi connectivity index (χ0) is 24.1. The van der Waals surface area contributed by atoms with Crippen molar-refractivity contribution in [3.05, 3.63) is 99.9 Å². The maximum Gasteiger partial charge on any atom is 0.258 e. The summed E-state index contributed by atoms with van der Waals surface area (Å²) in [5.41, 5.74) is 1.57. The second kappa shape index (κ2) is 10.2. The lowest BCUT2D eigenvalue weighted by Gasteiger charge is -2.23. The van der Waals surface area contributed by atoms with Crippen LogP contribution >= 0.6 is 0 Å². The molecule has 0 fully saturated rings. The Morgan fingerprint density at radius 1 is 1.00 bits per heavy atom. The molecule has 1 N–H and O–H groups in total. The molecule has 3 aromatic carbocycles.